The second-order valence-corrected chi connectivity index (χ2v) is 6.02. The number of aromatic nitrogens is 3. The summed E-state index contributed by atoms with van der Waals surface area (Å²) in [7, 11) is 0. The number of ether oxygens (including phenoxy) is 1. The molecule has 6 heteroatoms. The molecule has 124 valence electrons. The minimum Gasteiger partial charge on any atom is -0.392 e. The molecule has 0 unspecified atom stereocenters. The third-order valence-corrected chi connectivity index (χ3v) is 4.37. The molecule has 0 saturated carbocycles. The number of rotatable bonds is 4. The van der Waals surface area contributed by atoms with Crippen molar-refractivity contribution in [2.75, 3.05) is 18.5 Å². The second kappa shape index (κ2) is 6.59. The molecular weight excluding hydrogens is 304 g/mol. The fourth-order valence-corrected chi connectivity index (χ4v) is 2.98. The first kappa shape index (κ1) is 15.1. The molecule has 0 atom stereocenters. The van der Waals surface area contributed by atoms with Crippen molar-refractivity contribution in [3.63, 3.8) is 0 Å². The Labute approximate surface area is 140 Å². The summed E-state index contributed by atoms with van der Waals surface area (Å²) in [6.45, 7) is 1.64. The SMILES string of the molecule is OCc1ccc(-c2cnc3ccc(NC4CCOCC4)nn23)cc1. The lowest BCUT2D eigenvalue weighted by molar-refractivity contribution is 0.0903. The van der Waals surface area contributed by atoms with Gasteiger partial charge < -0.3 is 15.2 Å². The topological polar surface area (TPSA) is 71.7 Å². The zero-order chi connectivity index (χ0) is 16.4. The summed E-state index contributed by atoms with van der Waals surface area (Å²) in [4.78, 5) is 4.43. The molecule has 3 aromatic rings. The molecule has 1 aliphatic rings. The van der Waals surface area contributed by atoms with Gasteiger partial charge in [0.05, 0.1) is 18.5 Å². The number of imidazole rings is 1. The molecule has 0 amide bonds. The van der Waals surface area contributed by atoms with E-state index in [1.54, 1.807) is 0 Å². The van der Waals surface area contributed by atoms with E-state index in [1.165, 1.54) is 0 Å². The van der Waals surface area contributed by atoms with Crippen molar-refractivity contribution >= 4 is 11.5 Å². The van der Waals surface area contributed by atoms with Crippen LogP contribution in [-0.2, 0) is 11.3 Å². The van der Waals surface area contributed by atoms with Gasteiger partial charge in [-0.1, -0.05) is 24.3 Å². The number of fused-ring (bicyclic) bond motifs is 1. The van der Waals surface area contributed by atoms with Gasteiger partial charge in [0, 0.05) is 24.8 Å². The molecule has 2 N–H and O–H groups in total. The largest absolute Gasteiger partial charge is 0.392 e. The predicted molar refractivity (Wildman–Crippen MR) is 91.8 cm³/mol. The summed E-state index contributed by atoms with van der Waals surface area (Å²) < 4.78 is 7.25. The third kappa shape index (κ3) is 2.98. The molecule has 24 heavy (non-hydrogen) atoms. The van der Waals surface area contributed by atoms with Crippen molar-refractivity contribution < 1.29 is 9.84 Å². The Morgan fingerprint density at radius 3 is 2.67 bits per heavy atom. The number of benzene rings is 1. The van der Waals surface area contributed by atoms with Crippen LogP contribution in [0, 0.1) is 0 Å². The first-order valence-electron chi connectivity index (χ1n) is 8.23. The minimum atomic E-state index is 0.0465. The van der Waals surface area contributed by atoms with Crippen LogP contribution in [0.5, 0.6) is 0 Å². The van der Waals surface area contributed by atoms with E-state index in [1.807, 2.05) is 47.1 Å². The smallest absolute Gasteiger partial charge is 0.154 e. The number of hydrogen-bond donors (Lipinski definition) is 2. The number of nitrogens with zero attached hydrogens (tertiary/aromatic N) is 3. The zero-order valence-electron chi connectivity index (χ0n) is 13.4. The van der Waals surface area contributed by atoms with E-state index in [0.29, 0.717) is 6.04 Å². The van der Waals surface area contributed by atoms with Crippen molar-refractivity contribution in [3.8, 4) is 11.3 Å². The molecule has 3 heterocycles. The van der Waals surface area contributed by atoms with Gasteiger partial charge in [-0.25, -0.2) is 9.50 Å². The van der Waals surface area contributed by atoms with Crippen molar-refractivity contribution in [2.45, 2.75) is 25.5 Å². The van der Waals surface area contributed by atoms with E-state index >= 15 is 0 Å². The van der Waals surface area contributed by atoms with Gasteiger partial charge in [0.1, 0.15) is 5.82 Å². The Kier molecular flexibility index (Phi) is 4.15. The maximum Gasteiger partial charge on any atom is 0.154 e. The molecule has 1 aliphatic heterocycles. The fourth-order valence-electron chi connectivity index (χ4n) is 2.98. The van der Waals surface area contributed by atoms with Gasteiger partial charge in [-0.15, -0.1) is 5.10 Å². The lowest BCUT2D eigenvalue weighted by Crippen LogP contribution is -2.28. The van der Waals surface area contributed by atoms with Crippen molar-refractivity contribution in [2.24, 2.45) is 0 Å². The molecule has 2 aromatic heterocycles. The summed E-state index contributed by atoms with van der Waals surface area (Å²) in [5.41, 5.74) is 3.66. The first-order chi connectivity index (χ1) is 11.8. The number of aliphatic hydroxyl groups is 1. The molecule has 0 aliphatic carbocycles. The van der Waals surface area contributed by atoms with E-state index in [2.05, 4.69) is 10.3 Å². The van der Waals surface area contributed by atoms with Gasteiger partial charge in [0.2, 0.25) is 0 Å². The molecule has 4 rings (SSSR count). The van der Waals surface area contributed by atoms with Gasteiger partial charge >= 0.3 is 0 Å². The monoisotopic (exact) mass is 324 g/mol. The number of nitrogens with one attached hydrogen (secondary N) is 1. The van der Waals surface area contributed by atoms with Crippen LogP contribution in [0.15, 0.2) is 42.6 Å². The molecule has 1 fully saturated rings. The van der Waals surface area contributed by atoms with Crippen molar-refractivity contribution in [3.05, 3.63) is 48.2 Å². The van der Waals surface area contributed by atoms with Gasteiger partial charge in [-0.2, -0.15) is 0 Å². The molecule has 6 nitrogen and oxygen atoms in total. The van der Waals surface area contributed by atoms with Crippen LogP contribution < -0.4 is 5.32 Å². The van der Waals surface area contributed by atoms with Crippen LogP contribution >= 0.6 is 0 Å². The molecule has 0 spiro atoms. The van der Waals surface area contributed by atoms with E-state index in [4.69, 9.17) is 9.84 Å². The normalized spacial score (nSPS) is 15.7. The Morgan fingerprint density at radius 1 is 1.12 bits per heavy atom. The Morgan fingerprint density at radius 2 is 1.92 bits per heavy atom. The molecular formula is C18H20N4O2. The van der Waals surface area contributed by atoms with Crippen LogP contribution in [0.1, 0.15) is 18.4 Å². The van der Waals surface area contributed by atoms with Crippen LogP contribution in [-0.4, -0.2) is 39.0 Å². The van der Waals surface area contributed by atoms with Gasteiger partial charge in [-0.05, 0) is 30.5 Å². The molecule has 0 radical (unpaired) electrons. The van der Waals surface area contributed by atoms with Crippen molar-refractivity contribution in [1.82, 2.24) is 14.6 Å². The summed E-state index contributed by atoms with van der Waals surface area (Å²) in [5, 5.41) is 17.4. The summed E-state index contributed by atoms with van der Waals surface area (Å²) >= 11 is 0. The van der Waals surface area contributed by atoms with Gasteiger partial charge in [-0.3, -0.25) is 0 Å². The standard InChI is InChI=1S/C18H20N4O2/c23-12-13-1-3-14(4-2-13)16-11-19-18-6-5-17(21-22(16)18)20-15-7-9-24-10-8-15/h1-6,11,15,23H,7-10,12H2,(H,20,21). The lowest BCUT2D eigenvalue weighted by atomic mass is 10.1. The zero-order valence-corrected chi connectivity index (χ0v) is 13.4. The summed E-state index contributed by atoms with van der Waals surface area (Å²) in [6.07, 6.45) is 3.83. The molecule has 1 saturated heterocycles. The first-order valence-corrected chi connectivity index (χ1v) is 8.23. The van der Waals surface area contributed by atoms with Crippen LogP contribution in [0.25, 0.3) is 16.9 Å². The quantitative estimate of drug-likeness (QED) is 0.771. The average Bonchev–Trinajstić information content (AvgIpc) is 3.06. The minimum absolute atomic E-state index is 0.0465. The van der Waals surface area contributed by atoms with Gasteiger partial charge in [0.15, 0.2) is 5.65 Å². The van der Waals surface area contributed by atoms with Crippen LogP contribution in [0.3, 0.4) is 0 Å². The van der Waals surface area contributed by atoms with Crippen LogP contribution in [0.2, 0.25) is 0 Å². The highest BCUT2D eigenvalue weighted by Crippen LogP contribution is 2.22. The third-order valence-electron chi connectivity index (χ3n) is 4.37. The van der Waals surface area contributed by atoms with E-state index < -0.39 is 0 Å². The van der Waals surface area contributed by atoms with Crippen molar-refractivity contribution in [1.29, 1.82) is 0 Å². The predicted octanol–water partition coefficient (Wildman–Crippen LogP) is 2.48. The Bertz CT molecular complexity index is 823. The summed E-state index contributed by atoms with van der Waals surface area (Å²) in [6, 6.07) is 12.1. The average molecular weight is 324 g/mol. The number of aliphatic hydroxyl groups excluding tert-OH is 1. The van der Waals surface area contributed by atoms with Crippen LogP contribution in [0.4, 0.5) is 5.82 Å². The number of anilines is 1. The maximum absolute atomic E-state index is 9.18. The van der Waals surface area contributed by atoms with Gasteiger partial charge in [0.25, 0.3) is 0 Å². The Hall–Kier alpha value is -2.44. The fraction of sp³-hybridized carbons (Fsp3) is 0.333. The highest BCUT2D eigenvalue weighted by Gasteiger charge is 2.15. The van der Waals surface area contributed by atoms with E-state index in [-0.39, 0.29) is 6.61 Å². The summed E-state index contributed by atoms with van der Waals surface area (Å²) in [5.74, 6) is 0.848. The van der Waals surface area contributed by atoms with E-state index in [9.17, 15) is 5.11 Å². The lowest BCUT2D eigenvalue weighted by Gasteiger charge is -2.23. The molecule has 1 aromatic carbocycles. The van der Waals surface area contributed by atoms with E-state index in [0.717, 1.165) is 54.3 Å². The highest BCUT2D eigenvalue weighted by molar-refractivity contribution is 5.64. The highest BCUT2D eigenvalue weighted by atomic mass is 16.5. The maximum atomic E-state index is 9.18. The molecule has 0 bridgehead atoms. The second-order valence-electron chi connectivity index (χ2n) is 6.02. The number of hydrogen-bond acceptors (Lipinski definition) is 5. The Balaban J connectivity index is 1.64.